The monoisotopic (exact) mass is 355 g/mol. The van der Waals surface area contributed by atoms with Gasteiger partial charge in [-0.2, -0.15) is 0 Å². The van der Waals surface area contributed by atoms with Gasteiger partial charge in [0.15, 0.2) is 0 Å². The van der Waals surface area contributed by atoms with Crippen LogP contribution in [-0.4, -0.2) is 45.8 Å². The lowest BCUT2D eigenvalue weighted by atomic mass is 10.1. The molecule has 7 heteroatoms. The smallest absolute Gasteiger partial charge is 0.328 e. The molecule has 1 aromatic heterocycles. The van der Waals surface area contributed by atoms with Crippen LogP contribution in [0, 0.1) is 5.92 Å². The SMILES string of the molecule is NCC1CC2CC2N1c1cnc2ccccc2c1.O=C(O)/C=C/C(=O)O. The highest BCUT2D eigenvalue weighted by molar-refractivity contribution is 5.89. The van der Waals surface area contributed by atoms with Crippen LogP contribution in [-0.2, 0) is 9.59 Å². The largest absolute Gasteiger partial charge is 0.478 e. The Labute approximate surface area is 150 Å². The molecule has 2 heterocycles. The number of nitrogens with zero attached hydrogens (tertiary/aromatic N) is 2. The lowest BCUT2D eigenvalue weighted by Gasteiger charge is -2.28. The summed E-state index contributed by atoms with van der Waals surface area (Å²) >= 11 is 0. The van der Waals surface area contributed by atoms with Gasteiger partial charge in [0.1, 0.15) is 0 Å². The summed E-state index contributed by atoms with van der Waals surface area (Å²) in [6.45, 7) is 0.750. The molecule has 1 aliphatic heterocycles. The topological polar surface area (TPSA) is 117 Å². The summed E-state index contributed by atoms with van der Waals surface area (Å²) in [5, 5.41) is 16.8. The lowest BCUT2D eigenvalue weighted by Crippen LogP contribution is -2.38. The Bertz CT molecular complexity index is 836. The second-order valence-corrected chi connectivity index (χ2v) is 6.49. The van der Waals surface area contributed by atoms with Crippen molar-refractivity contribution in [1.29, 1.82) is 0 Å². The summed E-state index contributed by atoms with van der Waals surface area (Å²) in [5.74, 6) is -1.63. The normalized spacial score (nSPS) is 23.4. The Kier molecular flexibility index (Phi) is 5.18. The first kappa shape index (κ1) is 17.9. The molecule has 136 valence electrons. The molecule has 0 radical (unpaired) electrons. The summed E-state index contributed by atoms with van der Waals surface area (Å²) in [6.07, 6.45) is 5.72. The zero-order valence-corrected chi connectivity index (χ0v) is 14.2. The van der Waals surface area contributed by atoms with Crippen molar-refractivity contribution in [3.8, 4) is 0 Å². The highest BCUT2D eigenvalue weighted by Gasteiger charge is 2.51. The first-order valence-electron chi connectivity index (χ1n) is 8.46. The van der Waals surface area contributed by atoms with Gasteiger partial charge in [-0.25, -0.2) is 9.59 Å². The maximum absolute atomic E-state index is 9.55. The van der Waals surface area contributed by atoms with Gasteiger partial charge in [0, 0.05) is 36.2 Å². The number of benzene rings is 1. The lowest BCUT2D eigenvalue weighted by molar-refractivity contribution is -0.134. The minimum Gasteiger partial charge on any atom is -0.478 e. The van der Waals surface area contributed by atoms with E-state index in [4.69, 9.17) is 15.9 Å². The van der Waals surface area contributed by atoms with E-state index in [0.717, 1.165) is 24.0 Å². The predicted octanol–water partition coefficient (Wildman–Crippen LogP) is 1.87. The van der Waals surface area contributed by atoms with Gasteiger partial charge in [-0.3, -0.25) is 4.98 Å². The summed E-state index contributed by atoms with van der Waals surface area (Å²) in [7, 11) is 0. The number of aliphatic carboxylic acids is 2. The fourth-order valence-corrected chi connectivity index (χ4v) is 3.51. The minimum absolute atomic E-state index is 0.511. The van der Waals surface area contributed by atoms with Crippen LogP contribution < -0.4 is 10.6 Å². The van der Waals surface area contributed by atoms with Gasteiger partial charge in [-0.15, -0.1) is 0 Å². The van der Waals surface area contributed by atoms with Crippen molar-refractivity contribution in [1.82, 2.24) is 4.98 Å². The van der Waals surface area contributed by atoms with Gasteiger partial charge >= 0.3 is 11.9 Å². The van der Waals surface area contributed by atoms with Crippen LogP contribution in [0.25, 0.3) is 10.9 Å². The molecule has 0 bridgehead atoms. The fraction of sp³-hybridized carbons (Fsp3) is 0.316. The summed E-state index contributed by atoms with van der Waals surface area (Å²) in [5.41, 5.74) is 8.21. The van der Waals surface area contributed by atoms with E-state index in [1.807, 2.05) is 12.3 Å². The van der Waals surface area contributed by atoms with Gasteiger partial charge in [-0.05, 0) is 30.9 Å². The Hall–Kier alpha value is -2.93. The quantitative estimate of drug-likeness (QED) is 0.717. The van der Waals surface area contributed by atoms with Gasteiger partial charge in [0.2, 0.25) is 0 Å². The Morgan fingerprint density at radius 2 is 1.88 bits per heavy atom. The number of aromatic nitrogens is 1. The van der Waals surface area contributed by atoms with Gasteiger partial charge in [-0.1, -0.05) is 18.2 Å². The number of hydrogen-bond donors (Lipinski definition) is 3. The average Bonchev–Trinajstić information content (AvgIpc) is 3.30. The van der Waals surface area contributed by atoms with Gasteiger partial charge in [0.25, 0.3) is 0 Å². The summed E-state index contributed by atoms with van der Waals surface area (Å²) in [6, 6.07) is 11.8. The first-order chi connectivity index (χ1) is 12.5. The van der Waals surface area contributed by atoms with E-state index in [2.05, 4.69) is 34.1 Å². The van der Waals surface area contributed by atoms with Crippen molar-refractivity contribution in [3.05, 3.63) is 48.7 Å². The number of rotatable bonds is 4. The number of carboxylic acid groups (broad SMARTS) is 2. The molecule has 26 heavy (non-hydrogen) atoms. The van der Waals surface area contributed by atoms with E-state index in [0.29, 0.717) is 18.2 Å². The average molecular weight is 355 g/mol. The third-order valence-corrected chi connectivity index (χ3v) is 4.73. The van der Waals surface area contributed by atoms with Crippen molar-refractivity contribution in [2.24, 2.45) is 11.7 Å². The second-order valence-electron chi connectivity index (χ2n) is 6.49. The van der Waals surface area contributed by atoms with Gasteiger partial charge < -0.3 is 20.8 Å². The zero-order chi connectivity index (χ0) is 18.7. The van der Waals surface area contributed by atoms with Gasteiger partial charge in [0.05, 0.1) is 17.4 Å². The minimum atomic E-state index is -1.26. The van der Waals surface area contributed by atoms with Crippen LogP contribution in [0.1, 0.15) is 12.8 Å². The number of carboxylic acids is 2. The predicted molar refractivity (Wildman–Crippen MR) is 98.0 cm³/mol. The van der Waals surface area contributed by atoms with E-state index in [-0.39, 0.29) is 0 Å². The Morgan fingerprint density at radius 1 is 1.19 bits per heavy atom. The Morgan fingerprint density at radius 3 is 2.54 bits per heavy atom. The number of nitrogens with two attached hydrogens (primary N) is 1. The number of anilines is 1. The molecule has 3 atom stereocenters. The number of para-hydroxylation sites is 1. The molecule has 1 saturated carbocycles. The molecule has 3 unspecified atom stereocenters. The van der Waals surface area contributed by atoms with E-state index < -0.39 is 11.9 Å². The number of fused-ring (bicyclic) bond motifs is 2. The molecule has 2 aliphatic rings. The maximum Gasteiger partial charge on any atom is 0.328 e. The van der Waals surface area contributed by atoms with Crippen molar-refractivity contribution in [2.45, 2.75) is 24.9 Å². The molecule has 0 spiro atoms. The van der Waals surface area contributed by atoms with Crippen LogP contribution in [0.2, 0.25) is 0 Å². The molecule has 1 aliphatic carbocycles. The highest BCUT2D eigenvalue weighted by atomic mass is 16.4. The van der Waals surface area contributed by atoms with Crippen molar-refractivity contribution in [2.75, 3.05) is 11.4 Å². The van der Waals surface area contributed by atoms with Crippen LogP contribution in [0.3, 0.4) is 0 Å². The van der Waals surface area contributed by atoms with Crippen LogP contribution in [0.15, 0.2) is 48.7 Å². The molecule has 7 nitrogen and oxygen atoms in total. The van der Waals surface area contributed by atoms with Crippen molar-refractivity contribution < 1.29 is 19.8 Å². The van der Waals surface area contributed by atoms with E-state index in [1.165, 1.54) is 23.9 Å². The number of carbonyl (C=O) groups is 2. The standard InChI is InChI=1S/C15H17N3.C4H4O4/c16-8-12-6-11-7-15(11)18(12)13-5-10-3-1-2-4-14(10)17-9-13;5-3(6)1-2-4(7)8/h1-5,9,11-12,15H,6-8,16H2;1-2H,(H,5,6)(H,7,8)/b;2-1+. The number of piperidine rings is 1. The zero-order valence-electron chi connectivity index (χ0n) is 14.2. The molecule has 4 N–H and O–H groups in total. The molecule has 2 fully saturated rings. The molecule has 2 aromatic rings. The van der Waals surface area contributed by atoms with Crippen LogP contribution in [0.5, 0.6) is 0 Å². The van der Waals surface area contributed by atoms with Crippen LogP contribution in [0.4, 0.5) is 5.69 Å². The molecular formula is C19H21N3O4. The van der Waals surface area contributed by atoms with Crippen molar-refractivity contribution >= 4 is 28.5 Å². The highest BCUT2D eigenvalue weighted by Crippen LogP contribution is 2.49. The van der Waals surface area contributed by atoms with E-state index in [9.17, 15) is 9.59 Å². The maximum atomic E-state index is 9.55. The second kappa shape index (κ2) is 7.53. The molecule has 4 rings (SSSR count). The number of pyridine rings is 1. The van der Waals surface area contributed by atoms with E-state index >= 15 is 0 Å². The summed E-state index contributed by atoms with van der Waals surface area (Å²) in [4.78, 5) is 26.2. The molecule has 0 amide bonds. The number of hydrogen-bond acceptors (Lipinski definition) is 5. The third kappa shape index (κ3) is 4.00. The fourth-order valence-electron chi connectivity index (χ4n) is 3.51. The third-order valence-electron chi connectivity index (χ3n) is 4.73. The molecular weight excluding hydrogens is 334 g/mol. The first-order valence-corrected chi connectivity index (χ1v) is 8.46. The van der Waals surface area contributed by atoms with E-state index in [1.54, 1.807) is 0 Å². The molecule has 1 aromatic carbocycles. The summed E-state index contributed by atoms with van der Waals surface area (Å²) < 4.78 is 0. The van der Waals surface area contributed by atoms with Crippen LogP contribution >= 0.6 is 0 Å². The molecule has 1 saturated heterocycles. The Balaban J connectivity index is 0.000000211. The van der Waals surface area contributed by atoms with Crippen molar-refractivity contribution in [3.63, 3.8) is 0 Å².